The van der Waals surface area contributed by atoms with Crippen molar-refractivity contribution in [1.82, 2.24) is 32.1 Å². The third-order valence-corrected chi connectivity index (χ3v) is 8.79. The average molecular weight is 941 g/mol. The fourth-order valence-electron chi connectivity index (χ4n) is 5.52. The fraction of sp³-hybridized carbons (Fsp3) is 0.450. The summed E-state index contributed by atoms with van der Waals surface area (Å²) in [5, 5.41) is 28.3. The van der Waals surface area contributed by atoms with Crippen molar-refractivity contribution in [2.24, 2.45) is 23.1 Å². The van der Waals surface area contributed by atoms with Gasteiger partial charge in [-0.25, -0.2) is 4.79 Å². The number of hydrazine groups is 1. The number of methoxy groups -OCH3 is 1. The predicted molar refractivity (Wildman–Crippen MR) is 226 cm³/mol. The number of aliphatic carboxylic acids is 2. The smallest absolute Gasteiger partial charge is 0.490 e. The van der Waals surface area contributed by atoms with Gasteiger partial charge in [-0.2, -0.15) is 13.2 Å². The second-order valence-electron chi connectivity index (χ2n) is 14.5. The third-order valence-electron chi connectivity index (χ3n) is 8.79. The number of nitrogens with one attached hydrogen (secondary N) is 7. The molecule has 0 heterocycles. The van der Waals surface area contributed by atoms with Crippen molar-refractivity contribution >= 4 is 64.9 Å². The van der Waals surface area contributed by atoms with Crippen LogP contribution in [0.5, 0.6) is 5.75 Å². The van der Waals surface area contributed by atoms with Gasteiger partial charge in [-0.15, -0.1) is 0 Å². The Kier molecular flexibility index (Phi) is 24.4. The Bertz CT molecular complexity index is 2020. The number of benzene rings is 2. The zero-order chi connectivity index (χ0) is 50.1. The van der Waals surface area contributed by atoms with Gasteiger partial charge in [0.2, 0.25) is 23.6 Å². The highest BCUT2D eigenvalue weighted by atomic mass is 19.4. The van der Waals surface area contributed by atoms with E-state index in [0.717, 1.165) is 6.07 Å². The summed E-state index contributed by atoms with van der Waals surface area (Å²) in [5.74, 6) is -11.5. The van der Waals surface area contributed by atoms with Gasteiger partial charge in [0.25, 0.3) is 11.8 Å². The molecule has 0 unspecified atom stereocenters. The number of amides is 8. The van der Waals surface area contributed by atoms with Crippen molar-refractivity contribution in [1.29, 1.82) is 0 Å². The van der Waals surface area contributed by atoms with Gasteiger partial charge in [-0.1, -0.05) is 44.2 Å². The van der Waals surface area contributed by atoms with Crippen molar-refractivity contribution in [2.45, 2.75) is 89.1 Å². The molecule has 2 rings (SSSR count). The number of rotatable bonds is 23. The Labute approximate surface area is 375 Å². The monoisotopic (exact) mass is 940 g/mol. The lowest BCUT2D eigenvalue weighted by Gasteiger charge is -2.23. The highest BCUT2D eigenvalue weighted by Crippen LogP contribution is 2.23. The lowest BCUT2D eigenvalue weighted by Crippen LogP contribution is -2.57. The van der Waals surface area contributed by atoms with E-state index in [2.05, 4.69) is 37.4 Å². The molecular formula is C40H55F3N10O13. The standard InChI is InChI=1S/C38H54N10O11.C2HF3O2/c1-21(2)17-27(35(55)44-25(32(41)52)11-7-8-16-39)46-38(58)37(57)42-23-12-14-29(59-3)24(19-23)33(53)47-48-36(56)28(18-22-9-5-4-6-10-22)45-34(54)26(13-15-31(50)51)43-30(49)20-40;3-2(4,5)1(6)7/h4-6,9-10,12,14,19,21,25-28H,7-8,11,13,15-18,20,39-40H2,1-3H3,(H2,41,52)(H,42,57)(H,43,49)(H,44,55)(H,45,54)(H,46,58)(H,47,53)(H,48,56)(H,50,51);(H,6,7)/t25-,26-,27-,28-;/m0./s1. The molecule has 23 nitrogen and oxygen atoms in total. The van der Waals surface area contributed by atoms with E-state index in [1.807, 2.05) is 0 Å². The van der Waals surface area contributed by atoms with Crippen molar-refractivity contribution in [2.75, 3.05) is 25.5 Å². The summed E-state index contributed by atoms with van der Waals surface area (Å²) < 4.78 is 37.0. The molecule has 0 radical (unpaired) electrons. The second kappa shape index (κ2) is 28.4. The van der Waals surface area contributed by atoms with E-state index in [0.29, 0.717) is 24.9 Å². The third kappa shape index (κ3) is 21.3. The van der Waals surface area contributed by atoms with E-state index in [1.165, 1.54) is 19.2 Å². The lowest BCUT2D eigenvalue weighted by atomic mass is 10.0. The summed E-state index contributed by atoms with van der Waals surface area (Å²) in [5.41, 5.74) is 21.1. The minimum Gasteiger partial charge on any atom is -0.496 e. The van der Waals surface area contributed by atoms with Crippen LogP contribution in [0.15, 0.2) is 48.5 Å². The Hall–Kier alpha value is -7.35. The summed E-state index contributed by atoms with van der Waals surface area (Å²) in [7, 11) is 1.26. The first kappa shape index (κ1) is 56.7. The molecule has 0 aliphatic rings. The quantitative estimate of drug-likeness (QED) is 0.0350. The van der Waals surface area contributed by atoms with Crippen LogP contribution in [0.25, 0.3) is 0 Å². The number of hydrogen-bond acceptors (Lipinski definition) is 13. The number of halogens is 3. The molecule has 0 bridgehead atoms. The number of anilines is 1. The molecule has 8 amide bonds. The summed E-state index contributed by atoms with van der Waals surface area (Å²) in [6, 6.07) is 7.34. The molecule has 4 atom stereocenters. The zero-order valence-corrected chi connectivity index (χ0v) is 36.1. The molecule has 26 heteroatoms. The van der Waals surface area contributed by atoms with Crippen LogP contribution in [0.3, 0.4) is 0 Å². The molecule has 2 aromatic rings. The molecule has 66 heavy (non-hydrogen) atoms. The van der Waals surface area contributed by atoms with Crippen molar-refractivity contribution < 1.29 is 76.1 Å². The SMILES string of the molecule is COc1ccc(NC(=O)C(=O)N[C@@H](CC(C)C)C(=O)N[C@@H](CCCCN)C(N)=O)cc1C(=O)NNC(=O)[C@H](Cc1ccccc1)NC(=O)[C@H](CCC(=O)O)NC(=O)CN.O=C(O)C(F)(F)F. The maximum Gasteiger partial charge on any atom is 0.490 e. The predicted octanol–water partition coefficient (Wildman–Crippen LogP) is -1.31. The molecular weight excluding hydrogens is 885 g/mol. The molecule has 0 fully saturated rings. The van der Waals surface area contributed by atoms with E-state index in [4.69, 9.17) is 36.9 Å². The number of hydrogen-bond donors (Lipinski definition) is 12. The molecule has 0 saturated heterocycles. The number of carboxylic acids is 2. The highest BCUT2D eigenvalue weighted by Gasteiger charge is 2.38. The first-order chi connectivity index (χ1) is 30.9. The van der Waals surface area contributed by atoms with Crippen LogP contribution in [-0.4, -0.2) is 120 Å². The van der Waals surface area contributed by atoms with Crippen LogP contribution in [0.4, 0.5) is 18.9 Å². The van der Waals surface area contributed by atoms with Crippen molar-refractivity contribution in [3.05, 3.63) is 59.7 Å². The number of carbonyl (C=O) groups excluding carboxylic acids is 8. The first-order valence-corrected chi connectivity index (χ1v) is 20.0. The van der Waals surface area contributed by atoms with Gasteiger partial charge in [0.05, 0.1) is 19.2 Å². The minimum atomic E-state index is -5.08. The normalized spacial score (nSPS) is 12.6. The van der Waals surface area contributed by atoms with Crippen LogP contribution in [0.1, 0.15) is 68.3 Å². The molecule has 15 N–H and O–H groups in total. The van der Waals surface area contributed by atoms with E-state index in [-0.39, 0.29) is 48.6 Å². The largest absolute Gasteiger partial charge is 0.496 e. The van der Waals surface area contributed by atoms with Gasteiger partial charge in [0.1, 0.15) is 29.9 Å². The summed E-state index contributed by atoms with van der Waals surface area (Å²) >= 11 is 0. The van der Waals surface area contributed by atoms with Gasteiger partial charge >= 0.3 is 29.9 Å². The molecule has 0 saturated carbocycles. The van der Waals surface area contributed by atoms with Crippen LogP contribution >= 0.6 is 0 Å². The Morgan fingerprint density at radius 3 is 1.86 bits per heavy atom. The highest BCUT2D eigenvalue weighted by molar-refractivity contribution is 6.40. The molecule has 0 spiro atoms. The number of primary amides is 1. The van der Waals surface area contributed by atoms with Gasteiger partial charge in [0, 0.05) is 18.5 Å². The molecule has 0 aliphatic heterocycles. The Morgan fingerprint density at radius 2 is 1.33 bits per heavy atom. The zero-order valence-electron chi connectivity index (χ0n) is 36.1. The summed E-state index contributed by atoms with van der Waals surface area (Å²) in [6.45, 7) is 3.48. The van der Waals surface area contributed by atoms with E-state index < -0.39 is 103 Å². The minimum absolute atomic E-state index is 0.00519. The van der Waals surface area contributed by atoms with Crippen LogP contribution in [0.2, 0.25) is 0 Å². The van der Waals surface area contributed by atoms with Gasteiger partial charge in [0.15, 0.2) is 0 Å². The lowest BCUT2D eigenvalue weighted by molar-refractivity contribution is -0.192. The number of carbonyl (C=O) groups is 10. The number of carboxylic acid groups (broad SMARTS) is 2. The number of unbranched alkanes of at least 4 members (excludes halogenated alkanes) is 1. The molecule has 0 aromatic heterocycles. The molecule has 2 aromatic carbocycles. The van der Waals surface area contributed by atoms with Gasteiger partial charge < -0.3 is 58.7 Å². The van der Waals surface area contributed by atoms with Gasteiger partial charge in [-0.05, 0) is 68.3 Å². The van der Waals surface area contributed by atoms with Crippen LogP contribution in [-0.2, 0) is 49.6 Å². The van der Waals surface area contributed by atoms with Crippen molar-refractivity contribution in [3.63, 3.8) is 0 Å². The van der Waals surface area contributed by atoms with E-state index >= 15 is 0 Å². The molecule has 0 aliphatic carbocycles. The van der Waals surface area contributed by atoms with Crippen LogP contribution in [0, 0.1) is 5.92 Å². The first-order valence-electron chi connectivity index (χ1n) is 20.0. The number of alkyl halides is 3. The topological polar surface area (TPSA) is 383 Å². The second-order valence-corrected chi connectivity index (χ2v) is 14.5. The van der Waals surface area contributed by atoms with Gasteiger partial charge in [-0.3, -0.25) is 54.0 Å². The summed E-state index contributed by atoms with van der Waals surface area (Å²) in [6.07, 6.45) is -4.49. The maximum atomic E-state index is 13.5. The Balaban J connectivity index is 0.00000286. The fourth-order valence-corrected chi connectivity index (χ4v) is 5.52. The molecule has 364 valence electrons. The number of nitrogens with two attached hydrogens (primary N) is 3. The van der Waals surface area contributed by atoms with Crippen molar-refractivity contribution in [3.8, 4) is 5.75 Å². The summed E-state index contributed by atoms with van der Waals surface area (Å²) in [4.78, 5) is 123. The van der Waals surface area contributed by atoms with E-state index in [9.17, 15) is 56.3 Å². The van der Waals surface area contributed by atoms with Crippen LogP contribution < -0.4 is 59.4 Å². The Morgan fingerprint density at radius 1 is 0.727 bits per heavy atom. The van der Waals surface area contributed by atoms with E-state index in [1.54, 1.807) is 44.2 Å². The average Bonchev–Trinajstić information content (AvgIpc) is 3.25. The maximum absolute atomic E-state index is 13.5. The number of ether oxygens (including phenoxy) is 1.